The van der Waals surface area contributed by atoms with Crippen molar-refractivity contribution in [1.29, 1.82) is 0 Å². The minimum Gasteiger partial charge on any atom is -0.482 e. The Morgan fingerprint density at radius 3 is 2.24 bits per heavy atom. The van der Waals surface area contributed by atoms with Crippen molar-refractivity contribution in [2.45, 2.75) is 34.1 Å². The number of methoxy groups -OCH3 is 1. The molecule has 0 fully saturated rings. The van der Waals surface area contributed by atoms with Crippen LogP contribution in [0.2, 0.25) is 0 Å². The van der Waals surface area contributed by atoms with Gasteiger partial charge in [0, 0.05) is 25.2 Å². The van der Waals surface area contributed by atoms with E-state index in [4.69, 9.17) is 4.74 Å². The van der Waals surface area contributed by atoms with Crippen molar-refractivity contribution in [3.8, 4) is 5.75 Å². The van der Waals surface area contributed by atoms with Crippen LogP contribution in [0.1, 0.15) is 33.3 Å². The van der Waals surface area contributed by atoms with Gasteiger partial charge in [0.25, 0.3) is 0 Å². The van der Waals surface area contributed by atoms with Crippen molar-refractivity contribution in [2.24, 2.45) is 11.8 Å². The molecule has 0 aromatic heterocycles. The third-order valence-corrected chi connectivity index (χ3v) is 4.70. The molecule has 0 radical (unpaired) electrons. The molecule has 0 spiro atoms. The summed E-state index contributed by atoms with van der Waals surface area (Å²) >= 11 is 0. The fourth-order valence-electron chi connectivity index (χ4n) is 3.37. The molecular formula is C25H32F2N2O4. The summed E-state index contributed by atoms with van der Waals surface area (Å²) in [5.41, 5.74) is 1.36. The first kappa shape index (κ1) is 26.1. The molecule has 0 saturated carbocycles. The molecule has 2 aromatic carbocycles. The predicted octanol–water partition coefficient (Wildman–Crippen LogP) is 4.82. The lowest BCUT2D eigenvalue weighted by atomic mass is 10.1. The van der Waals surface area contributed by atoms with Crippen molar-refractivity contribution < 1.29 is 27.8 Å². The molecule has 2 aromatic rings. The Bertz CT molecular complexity index is 953. The molecule has 0 aliphatic carbocycles. The highest BCUT2D eigenvalue weighted by Gasteiger charge is 2.18. The quantitative estimate of drug-likeness (QED) is 0.485. The third kappa shape index (κ3) is 8.36. The number of benzene rings is 2. The Morgan fingerprint density at radius 1 is 1.00 bits per heavy atom. The first-order valence-electron chi connectivity index (χ1n) is 10.9. The van der Waals surface area contributed by atoms with Crippen molar-refractivity contribution >= 4 is 23.3 Å². The molecule has 1 N–H and O–H groups in total. The normalized spacial score (nSPS) is 10.9. The zero-order chi connectivity index (χ0) is 24.5. The molecule has 6 nitrogen and oxygen atoms in total. The van der Waals surface area contributed by atoms with E-state index >= 15 is 0 Å². The standard InChI is InChI=1S/C25H32F2N2O4/c1-16(2)13-29(14-17(3)4)23-9-8-20(33-15-25(31)32-5)12-22(23)28-24(30)10-18-6-7-19(26)11-21(18)27/h6-9,11-12,16-17H,10,13-15H2,1-5H3,(H,28,30). The number of esters is 1. The minimum absolute atomic E-state index is 0.0924. The van der Waals surface area contributed by atoms with Crippen LogP contribution in [0.4, 0.5) is 20.2 Å². The average Bonchev–Trinajstić information content (AvgIpc) is 2.73. The summed E-state index contributed by atoms with van der Waals surface area (Å²) in [6.07, 6.45) is -0.257. The summed E-state index contributed by atoms with van der Waals surface area (Å²) in [6.45, 7) is 9.68. The van der Waals surface area contributed by atoms with E-state index in [1.807, 2.05) is 6.07 Å². The first-order valence-corrected chi connectivity index (χ1v) is 10.9. The SMILES string of the molecule is COC(=O)COc1ccc(N(CC(C)C)CC(C)C)c(NC(=O)Cc2ccc(F)cc2F)c1. The van der Waals surface area contributed by atoms with Crippen LogP contribution in [0.5, 0.6) is 5.75 Å². The summed E-state index contributed by atoms with van der Waals surface area (Å²) < 4.78 is 37.3. The van der Waals surface area contributed by atoms with Gasteiger partial charge in [-0.2, -0.15) is 0 Å². The Hall–Kier alpha value is -3.16. The highest BCUT2D eigenvalue weighted by atomic mass is 19.1. The minimum atomic E-state index is -0.776. The van der Waals surface area contributed by atoms with Crippen LogP contribution in [0.15, 0.2) is 36.4 Å². The van der Waals surface area contributed by atoms with E-state index in [2.05, 4.69) is 42.6 Å². The zero-order valence-corrected chi connectivity index (χ0v) is 19.8. The molecule has 33 heavy (non-hydrogen) atoms. The zero-order valence-electron chi connectivity index (χ0n) is 19.8. The van der Waals surface area contributed by atoms with E-state index in [1.54, 1.807) is 12.1 Å². The Balaban J connectivity index is 2.34. The van der Waals surface area contributed by atoms with Crippen LogP contribution in [-0.2, 0) is 20.7 Å². The van der Waals surface area contributed by atoms with Crippen molar-refractivity contribution in [1.82, 2.24) is 0 Å². The smallest absolute Gasteiger partial charge is 0.343 e. The second kappa shape index (κ2) is 12.2. The Kier molecular flexibility index (Phi) is 9.63. The molecule has 0 saturated heterocycles. The summed E-state index contributed by atoms with van der Waals surface area (Å²) in [4.78, 5) is 26.4. The molecule has 0 bridgehead atoms. The first-order chi connectivity index (χ1) is 15.6. The van der Waals surface area contributed by atoms with Gasteiger partial charge in [-0.05, 0) is 35.6 Å². The maximum absolute atomic E-state index is 14.0. The third-order valence-electron chi connectivity index (χ3n) is 4.70. The number of hydrogen-bond acceptors (Lipinski definition) is 5. The fraction of sp³-hybridized carbons (Fsp3) is 0.440. The van der Waals surface area contributed by atoms with E-state index in [-0.39, 0.29) is 18.6 Å². The van der Waals surface area contributed by atoms with Crippen LogP contribution in [0.3, 0.4) is 0 Å². The summed E-state index contributed by atoms with van der Waals surface area (Å²) in [6, 6.07) is 8.30. The highest BCUT2D eigenvalue weighted by Crippen LogP contribution is 2.32. The van der Waals surface area contributed by atoms with Crippen molar-refractivity contribution in [2.75, 3.05) is 37.0 Å². The number of hydrogen-bond donors (Lipinski definition) is 1. The lowest BCUT2D eigenvalue weighted by molar-refractivity contribution is -0.142. The second-order valence-corrected chi connectivity index (χ2v) is 8.70. The van der Waals surface area contributed by atoms with Crippen molar-refractivity contribution in [3.63, 3.8) is 0 Å². The number of nitrogens with one attached hydrogen (secondary N) is 1. The molecule has 0 heterocycles. The molecule has 0 unspecified atom stereocenters. The number of carbonyl (C=O) groups is 2. The van der Waals surface area contributed by atoms with Gasteiger partial charge in [-0.1, -0.05) is 33.8 Å². The molecule has 0 aliphatic rings. The van der Waals surface area contributed by atoms with Gasteiger partial charge in [0.1, 0.15) is 17.4 Å². The van der Waals surface area contributed by atoms with E-state index in [0.717, 1.165) is 30.9 Å². The van der Waals surface area contributed by atoms with E-state index < -0.39 is 23.5 Å². The number of anilines is 2. The summed E-state index contributed by atoms with van der Waals surface area (Å²) in [7, 11) is 1.27. The maximum atomic E-state index is 14.0. The van der Waals surface area contributed by atoms with Gasteiger partial charge in [-0.25, -0.2) is 13.6 Å². The average molecular weight is 463 g/mol. The second-order valence-electron chi connectivity index (χ2n) is 8.70. The fourth-order valence-corrected chi connectivity index (χ4v) is 3.37. The largest absolute Gasteiger partial charge is 0.482 e. The summed E-state index contributed by atoms with van der Waals surface area (Å²) in [5, 5.41) is 2.83. The molecule has 1 amide bonds. The van der Waals surface area contributed by atoms with Gasteiger partial charge in [0.05, 0.1) is 24.9 Å². The number of rotatable bonds is 11. The van der Waals surface area contributed by atoms with Gasteiger partial charge >= 0.3 is 5.97 Å². The Morgan fingerprint density at radius 2 is 1.67 bits per heavy atom. The molecule has 180 valence electrons. The number of amides is 1. The van der Waals surface area contributed by atoms with Gasteiger partial charge in [-0.15, -0.1) is 0 Å². The molecule has 8 heteroatoms. The number of halogens is 2. The van der Waals surface area contributed by atoms with Crippen molar-refractivity contribution in [3.05, 3.63) is 53.6 Å². The van der Waals surface area contributed by atoms with Gasteiger partial charge in [0.2, 0.25) is 5.91 Å². The Labute approximate surface area is 193 Å². The number of nitrogens with zero attached hydrogens (tertiary/aromatic N) is 1. The van der Waals surface area contributed by atoms with E-state index in [0.29, 0.717) is 23.3 Å². The monoisotopic (exact) mass is 462 g/mol. The molecule has 2 rings (SSSR count). The van der Waals surface area contributed by atoms with Crippen LogP contribution in [0, 0.1) is 23.5 Å². The van der Waals surface area contributed by atoms with Gasteiger partial charge in [-0.3, -0.25) is 4.79 Å². The van der Waals surface area contributed by atoms with Gasteiger partial charge < -0.3 is 19.7 Å². The van der Waals surface area contributed by atoms with E-state index in [9.17, 15) is 18.4 Å². The number of ether oxygens (including phenoxy) is 2. The van der Waals surface area contributed by atoms with Crippen LogP contribution >= 0.6 is 0 Å². The lowest BCUT2D eigenvalue weighted by Crippen LogP contribution is -2.32. The van der Waals surface area contributed by atoms with Gasteiger partial charge in [0.15, 0.2) is 6.61 Å². The predicted molar refractivity (Wildman–Crippen MR) is 125 cm³/mol. The maximum Gasteiger partial charge on any atom is 0.343 e. The molecular weight excluding hydrogens is 430 g/mol. The van der Waals surface area contributed by atoms with Crippen LogP contribution in [-0.4, -0.2) is 38.7 Å². The highest BCUT2D eigenvalue weighted by molar-refractivity contribution is 5.96. The molecule has 0 aliphatic heterocycles. The topological polar surface area (TPSA) is 67.9 Å². The number of carbonyl (C=O) groups excluding carboxylic acids is 2. The van der Waals surface area contributed by atoms with Crippen LogP contribution in [0.25, 0.3) is 0 Å². The summed E-state index contributed by atoms with van der Waals surface area (Å²) in [5.74, 6) is -1.35. The van der Waals surface area contributed by atoms with E-state index in [1.165, 1.54) is 13.2 Å². The van der Waals surface area contributed by atoms with Crippen LogP contribution < -0.4 is 15.0 Å². The lowest BCUT2D eigenvalue weighted by Gasteiger charge is -2.30. The molecule has 0 atom stereocenters.